The first-order valence-corrected chi connectivity index (χ1v) is 8.16. The maximum absolute atomic E-state index is 12.4. The Morgan fingerprint density at radius 3 is 2.52 bits per heavy atom. The number of ether oxygens (including phenoxy) is 1. The largest absolute Gasteiger partial charge is 0.494 e. The van der Waals surface area contributed by atoms with Crippen LogP contribution < -0.4 is 4.74 Å². The molecule has 0 bridgehead atoms. The second kappa shape index (κ2) is 8.06. The molecule has 0 fully saturated rings. The van der Waals surface area contributed by atoms with Gasteiger partial charge in [-0.2, -0.15) is 0 Å². The first kappa shape index (κ1) is 17.4. The second-order valence-corrected chi connectivity index (χ2v) is 6.13. The lowest BCUT2D eigenvalue weighted by atomic mass is 10.2. The van der Waals surface area contributed by atoms with Gasteiger partial charge in [0.05, 0.1) is 12.0 Å². The molecule has 1 aromatic carbocycles. The molecule has 1 amide bonds. The third kappa shape index (κ3) is 4.76. The average Bonchev–Trinajstić information content (AvgIpc) is 3.03. The van der Waals surface area contributed by atoms with E-state index in [-0.39, 0.29) is 11.3 Å². The number of alkyl halides is 1. The summed E-state index contributed by atoms with van der Waals surface area (Å²) in [6.45, 7) is 5.08. The number of benzene rings is 1. The van der Waals surface area contributed by atoms with Gasteiger partial charge in [-0.25, -0.2) is 0 Å². The highest BCUT2D eigenvalue weighted by molar-refractivity contribution is 6.20. The number of rotatable bonds is 7. The zero-order valence-corrected chi connectivity index (χ0v) is 14.5. The number of carbonyl (C=O) groups is 1. The minimum atomic E-state index is -0.252. The smallest absolute Gasteiger partial charge is 0.289 e. The Morgan fingerprint density at radius 2 is 1.96 bits per heavy atom. The molecule has 2 aromatic rings. The summed E-state index contributed by atoms with van der Waals surface area (Å²) in [6.07, 6.45) is 0.977. The van der Waals surface area contributed by atoms with Gasteiger partial charge in [0.2, 0.25) is 0 Å². The van der Waals surface area contributed by atoms with Crippen LogP contribution in [0.2, 0.25) is 0 Å². The molecule has 0 spiro atoms. The van der Waals surface area contributed by atoms with Crippen LogP contribution in [0, 0.1) is 0 Å². The van der Waals surface area contributed by atoms with Crippen LogP contribution in [0.1, 0.15) is 47.5 Å². The summed E-state index contributed by atoms with van der Waals surface area (Å²) in [6, 6.07) is 11.2. The predicted octanol–water partition coefficient (Wildman–Crippen LogP) is 4.64. The van der Waals surface area contributed by atoms with Gasteiger partial charge in [0.15, 0.2) is 5.76 Å². The van der Waals surface area contributed by atoms with Gasteiger partial charge in [-0.1, -0.05) is 19.1 Å². The lowest BCUT2D eigenvalue weighted by Crippen LogP contribution is -2.25. The molecule has 1 heterocycles. The molecule has 0 aliphatic rings. The van der Waals surface area contributed by atoms with Gasteiger partial charge in [0.1, 0.15) is 11.5 Å². The topological polar surface area (TPSA) is 42.7 Å². The Morgan fingerprint density at radius 1 is 1.26 bits per heavy atom. The van der Waals surface area contributed by atoms with E-state index >= 15 is 0 Å². The van der Waals surface area contributed by atoms with Crippen LogP contribution in [0.15, 0.2) is 40.8 Å². The highest BCUT2D eigenvalue weighted by Crippen LogP contribution is 2.22. The minimum absolute atomic E-state index is 0.167. The van der Waals surface area contributed by atoms with Crippen molar-refractivity contribution in [2.45, 2.75) is 32.2 Å². The number of carbonyl (C=O) groups excluding carboxylic acids is 1. The standard InChI is InChI=1S/C18H22ClNO3/c1-4-11-22-15-7-5-14(6-8-15)12-20(3)18(21)17-10-9-16(23-17)13(2)19/h5-10,13H,4,11-12H2,1-3H3. The lowest BCUT2D eigenvalue weighted by molar-refractivity contribution is 0.0751. The fourth-order valence-electron chi connectivity index (χ4n) is 2.13. The van der Waals surface area contributed by atoms with Crippen molar-refractivity contribution in [1.82, 2.24) is 4.90 Å². The summed E-state index contributed by atoms with van der Waals surface area (Å²) in [7, 11) is 1.75. The monoisotopic (exact) mass is 335 g/mol. The lowest BCUT2D eigenvalue weighted by Gasteiger charge is -2.16. The fourth-order valence-corrected chi connectivity index (χ4v) is 2.24. The van der Waals surface area contributed by atoms with Crippen molar-refractivity contribution in [2.24, 2.45) is 0 Å². The van der Waals surface area contributed by atoms with E-state index in [2.05, 4.69) is 6.92 Å². The summed E-state index contributed by atoms with van der Waals surface area (Å²) < 4.78 is 11.0. The average molecular weight is 336 g/mol. The molecule has 0 aliphatic heterocycles. The van der Waals surface area contributed by atoms with Crippen LogP contribution >= 0.6 is 11.6 Å². The molecule has 1 aromatic heterocycles. The molecule has 5 heteroatoms. The third-order valence-corrected chi connectivity index (χ3v) is 3.61. The molecular formula is C18H22ClNO3. The van der Waals surface area contributed by atoms with Crippen molar-refractivity contribution in [2.75, 3.05) is 13.7 Å². The molecule has 0 radical (unpaired) electrons. The first-order valence-electron chi connectivity index (χ1n) is 7.72. The summed E-state index contributed by atoms with van der Waals surface area (Å²) in [5.74, 6) is 1.58. The molecule has 0 saturated heterocycles. The van der Waals surface area contributed by atoms with E-state index in [1.807, 2.05) is 24.3 Å². The molecule has 0 saturated carbocycles. The summed E-state index contributed by atoms with van der Waals surface area (Å²) in [4.78, 5) is 14.0. The number of nitrogens with zero attached hydrogens (tertiary/aromatic N) is 1. The van der Waals surface area contributed by atoms with Gasteiger partial charge in [-0.15, -0.1) is 11.6 Å². The molecular weight excluding hydrogens is 314 g/mol. The number of halogens is 1. The third-order valence-electron chi connectivity index (χ3n) is 3.39. The van der Waals surface area contributed by atoms with Gasteiger partial charge in [0.25, 0.3) is 5.91 Å². The second-order valence-electron chi connectivity index (χ2n) is 5.47. The number of furan rings is 1. The van der Waals surface area contributed by atoms with Crippen molar-refractivity contribution in [3.8, 4) is 5.75 Å². The van der Waals surface area contributed by atoms with Crippen LogP contribution in [0.5, 0.6) is 5.75 Å². The highest BCUT2D eigenvalue weighted by atomic mass is 35.5. The quantitative estimate of drug-likeness (QED) is 0.692. The SMILES string of the molecule is CCCOc1ccc(CN(C)C(=O)c2ccc(C(C)Cl)o2)cc1. The number of hydrogen-bond acceptors (Lipinski definition) is 3. The fraction of sp³-hybridized carbons (Fsp3) is 0.389. The van der Waals surface area contributed by atoms with Gasteiger partial charge >= 0.3 is 0 Å². The molecule has 23 heavy (non-hydrogen) atoms. The Labute approximate surface area is 142 Å². The molecule has 0 aliphatic carbocycles. The van der Waals surface area contributed by atoms with Crippen LogP contribution in [0.4, 0.5) is 0 Å². The van der Waals surface area contributed by atoms with E-state index in [0.29, 0.717) is 24.7 Å². The van der Waals surface area contributed by atoms with Gasteiger partial charge < -0.3 is 14.1 Å². The van der Waals surface area contributed by atoms with Crippen LogP contribution in [-0.4, -0.2) is 24.5 Å². The molecule has 1 unspecified atom stereocenters. The number of hydrogen-bond donors (Lipinski definition) is 0. The van der Waals surface area contributed by atoms with Crippen LogP contribution in [0.3, 0.4) is 0 Å². The Kier molecular flexibility index (Phi) is 6.11. The van der Waals surface area contributed by atoms with E-state index in [0.717, 1.165) is 17.7 Å². The van der Waals surface area contributed by atoms with Crippen molar-refractivity contribution < 1.29 is 13.9 Å². The molecule has 4 nitrogen and oxygen atoms in total. The zero-order chi connectivity index (χ0) is 16.8. The molecule has 2 rings (SSSR count). The number of amides is 1. The van der Waals surface area contributed by atoms with E-state index in [1.54, 1.807) is 31.0 Å². The van der Waals surface area contributed by atoms with Crippen molar-refractivity contribution >= 4 is 17.5 Å². The Balaban J connectivity index is 1.97. The van der Waals surface area contributed by atoms with Crippen molar-refractivity contribution in [3.63, 3.8) is 0 Å². The van der Waals surface area contributed by atoms with Crippen LogP contribution in [0.25, 0.3) is 0 Å². The first-order chi connectivity index (χ1) is 11.0. The maximum Gasteiger partial charge on any atom is 0.289 e. The summed E-state index contributed by atoms with van der Waals surface area (Å²) in [5, 5.41) is -0.252. The molecule has 1 atom stereocenters. The normalized spacial score (nSPS) is 12.0. The van der Waals surface area contributed by atoms with E-state index in [1.165, 1.54) is 0 Å². The predicted molar refractivity (Wildman–Crippen MR) is 91.0 cm³/mol. The summed E-state index contributed by atoms with van der Waals surface area (Å²) in [5.41, 5.74) is 1.03. The van der Waals surface area contributed by atoms with Crippen LogP contribution in [-0.2, 0) is 6.54 Å². The van der Waals surface area contributed by atoms with E-state index < -0.39 is 0 Å². The highest BCUT2D eigenvalue weighted by Gasteiger charge is 2.17. The summed E-state index contributed by atoms with van der Waals surface area (Å²) >= 11 is 5.95. The zero-order valence-electron chi connectivity index (χ0n) is 13.7. The Bertz CT molecular complexity index is 634. The molecule has 0 N–H and O–H groups in total. The maximum atomic E-state index is 12.4. The van der Waals surface area contributed by atoms with E-state index in [9.17, 15) is 4.79 Å². The van der Waals surface area contributed by atoms with Gasteiger partial charge in [-0.3, -0.25) is 4.79 Å². The Hall–Kier alpha value is -1.94. The van der Waals surface area contributed by atoms with Crippen molar-refractivity contribution in [3.05, 3.63) is 53.5 Å². The van der Waals surface area contributed by atoms with E-state index in [4.69, 9.17) is 20.8 Å². The van der Waals surface area contributed by atoms with Gasteiger partial charge in [0, 0.05) is 13.6 Å². The van der Waals surface area contributed by atoms with Crippen molar-refractivity contribution in [1.29, 1.82) is 0 Å². The molecule has 124 valence electrons. The van der Waals surface area contributed by atoms with Gasteiger partial charge in [-0.05, 0) is 43.2 Å². The minimum Gasteiger partial charge on any atom is -0.494 e.